The van der Waals surface area contributed by atoms with Crippen molar-refractivity contribution in [1.82, 2.24) is 18.9 Å². The molecule has 0 atom stereocenters. The summed E-state index contributed by atoms with van der Waals surface area (Å²) in [6.45, 7) is 5.33. The van der Waals surface area contributed by atoms with Crippen LogP contribution in [-0.4, -0.2) is 27.3 Å². The average Bonchev–Trinajstić information content (AvgIpc) is 2.85. The van der Waals surface area contributed by atoms with E-state index in [1.165, 1.54) is 25.0 Å². The second-order valence-corrected chi connectivity index (χ2v) is 7.18. The standard InChI is InChI=1S/C13H19N5O4S/c1-8(2)18-7-10(9(3)14-18)23(21,22)15-11-6-12(19)17(5)13(20)16(11)4/h6-8,15H,1-5H3. The van der Waals surface area contributed by atoms with Gasteiger partial charge in [-0.1, -0.05) is 0 Å². The number of nitrogens with zero attached hydrogens (tertiary/aromatic N) is 4. The lowest BCUT2D eigenvalue weighted by Crippen LogP contribution is -2.38. The fourth-order valence-corrected chi connectivity index (χ4v) is 3.27. The van der Waals surface area contributed by atoms with Crippen LogP contribution < -0.4 is 16.0 Å². The first-order valence-electron chi connectivity index (χ1n) is 6.90. The Bertz CT molecular complexity index is 965. The van der Waals surface area contributed by atoms with E-state index in [-0.39, 0.29) is 16.8 Å². The molecule has 2 aromatic rings. The summed E-state index contributed by atoms with van der Waals surface area (Å²) >= 11 is 0. The molecule has 0 spiro atoms. The summed E-state index contributed by atoms with van der Waals surface area (Å²) in [5, 5.41) is 4.15. The van der Waals surface area contributed by atoms with Gasteiger partial charge in [-0.25, -0.2) is 13.2 Å². The number of anilines is 1. The molecule has 1 N–H and O–H groups in total. The Hall–Kier alpha value is -2.36. The highest BCUT2D eigenvalue weighted by atomic mass is 32.2. The highest BCUT2D eigenvalue weighted by Crippen LogP contribution is 2.18. The summed E-state index contributed by atoms with van der Waals surface area (Å²) in [7, 11) is -1.27. The van der Waals surface area contributed by atoms with Crippen LogP contribution in [0.15, 0.2) is 26.7 Å². The van der Waals surface area contributed by atoms with E-state index in [9.17, 15) is 18.0 Å². The van der Waals surface area contributed by atoms with Crippen LogP contribution in [-0.2, 0) is 24.1 Å². The molecule has 0 aliphatic heterocycles. The van der Waals surface area contributed by atoms with E-state index in [2.05, 4.69) is 9.82 Å². The summed E-state index contributed by atoms with van der Waals surface area (Å²) in [5.74, 6) is -0.102. The van der Waals surface area contributed by atoms with Gasteiger partial charge in [-0.3, -0.25) is 23.3 Å². The molecule has 2 rings (SSSR count). The number of rotatable bonds is 4. The van der Waals surface area contributed by atoms with Crippen LogP contribution in [0.4, 0.5) is 5.82 Å². The largest absolute Gasteiger partial charge is 0.332 e. The quantitative estimate of drug-likeness (QED) is 0.840. The molecule has 0 fully saturated rings. The molecular formula is C13H19N5O4S. The monoisotopic (exact) mass is 341 g/mol. The van der Waals surface area contributed by atoms with E-state index in [4.69, 9.17) is 0 Å². The number of hydrogen-bond acceptors (Lipinski definition) is 5. The lowest BCUT2D eigenvalue weighted by molar-refractivity contribution is 0.528. The predicted molar refractivity (Wildman–Crippen MR) is 85.1 cm³/mol. The predicted octanol–water partition coefficient (Wildman–Crippen LogP) is -0.0294. The molecule has 0 radical (unpaired) electrons. The SMILES string of the molecule is Cc1nn(C(C)C)cc1S(=O)(=O)Nc1cc(=O)n(C)c(=O)n1C. The van der Waals surface area contributed by atoms with Gasteiger partial charge in [-0.15, -0.1) is 0 Å². The molecule has 9 nitrogen and oxygen atoms in total. The number of hydrogen-bond donors (Lipinski definition) is 1. The zero-order valence-corrected chi connectivity index (χ0v) is 14.4. The van der Waals surface area contributed by atoms with Crippen molar-refractivity contribution >= 4 is 15.8 Å². The van der Waals surface area contributed by atoms with Crippen LogP contribution in [0.1, 0.15) is 25.6 Å². The number of aryl methyl sites for hydroxylation is 1. The van der Waals surface area contributed by atoms with Crippen LogP contribution in [0, 0.1) is 6.92 Å². The van der Waals surface area contributed by atoms with Crippen LogP contribution in [0.2, 0.25) is 0 Å². The van der Waals surface area contributed by atoms with Gasteiger partial charge < -0.3 is 0 Å². The third-order valence-corrected chi connectivity index (χ3v) is 4.91. The van der Waals surface area contributed by atoms with Crippen molar-refractivity contribution in [3.63, 3.8) is 0 Å². The zero-order valence-electron chi connectivity index (χ0n) is 13.6. The molecule has 0 amide bonds. The van der Waals surface area contributed by atoms with E-state index in [0.717, 1.165) is 15.2 Å². The Kier molecular flexibility index (Phi) is 4.20. The summed E-state index contributed by atoms with van der Waals surface area (Å²) in [6.07, 6.45) is 1.42. The van der Waals surface area contributed by atoms with E-state index in [1.54, 1.807) is 6.92 Å². The smallest absolute Gasteiger partial charge is 0.282 e. The summed E-state index contributed by atoms with van der Waals surface area (Å²) in [6, 6.07) is 1.06. The van der Waals surface area contributed by atoms with Crippen molar-refractivity contribution in [2.75, 3.05) is 4.72 Å². The molecule has 10 heteroatoms. The molecule has 23 heavy (non-hydrogen) atoms. The van der Waals surface area contributed by atoms with Gasteiger partial charge >= 0.3 is 5.69 Å². The maximum Gasteiger partial charge on any atom is 0.332 e. The van der Waals surface area contributed by atoms with Gasteiger partial charge in [0.2, 0.25) is 0 Å². The van der Waals surface area contributed by atoms with Gasteiger partial charge in [-0.2, -0.15) is 5.10 Å². The molecule has 0 bridgehead atoms. The van der Waals surface area contributed by atoms with Crippen LogP contribution in [0.5, 0.6) is 0 Å². The Labute approximate surface area is 133 Å². The average molecular weight is 341 g/mol. The maximum atomic E-state index is 12.5. The van der Waals surface area contributed by atoms with Gasteiger partial charge in [0.15, 0.2) is 0 Å². The Morgan fingerprint density at radius 3 is 2.30 bits per heavy atom. The van der Waals surface area contributed by atoms with Crippen molar-refractivity contribution in [3.05, 3.63) is 38.8 Å². The lowest BCUT2D eigenvalue weighted by Gasteiger charge is -2.11. The first-order chi connectivity index (χ1) is 10.5. The molecule has 126 valence electrons. The number of sulfonamides is 1. The molecule has 0 aromatic carbocycles. The van der Waals surface area contributed by atoms with Crippen molar-refractivity contribution in [2.24, 2.45) is 14.1 Å². The van der Waals surface area contributed by atoms with Crippen LogP contribution >= 0.6 is 0 Å². The van der Waals surface area contributed by atoms with Crippen molar-refractivity contribution in [2.45, 2.75) is 31.7 Å². The number of aromatic nitrogens is 4. The third kappa shape index (κ3) is 3.07. The topological polar surface area (TPSA) is 108 Å². The molecule has 0 saturated carbocycles. The van der Waals surface area contributed by atoms with Crippen molar-refractivity contribution in [1.29, 1.82) is 0 Å². The van der Waals surface area contributed by atoms with Crippen molar-refractivity contribution < 1.29 is 8.42 Å². The summed E-state index contributed by atoms with van der Waals surface area (Å²) in [5.41, 5.74) is -0.884. The second kappa shape index (κ2) is 5.69. The maximum absolute atomic E-state index is 12.5. The van der Waals surface area contributed by atoms with Crippen LogP contribution in [0.25, 0.3) is 0 Å². The van der Waals surface area contributed by atoms with Gasteiger partial charge in [0.1, 0.15) is 10.7 Å². The fourth-order valence-electron chi connectivity index (χ4n) is 2.02. The van der Waals surface area contributed by atoms with Gasteiger partial charge in [0, 0.05) is 32.4 Å². The number of nitrogens with one attached hydrogen (secondary N) is 1. The lowest BCUT2D eigenvalue weighted by atomic mass is 10.4. The minimum atomic E-state index is -3.97. The highest BCUT2D eigenvalue weighted by Gasteiger charge is 2.22. The molecule has 2 aromatic heterocycles. The van der Waals surface area contributed by atoms with Gasteiger partial charge in [-0.05, 0) is 20.8 Å². The van der Waals surface area contributed by atoms with Gasteiger partial charge in [0.25, 0.3) is 15.6 Å². The summed E-state index contributed by atoms with van der Waals surface area (Å²) in [4.78, 5) is 23.6. The van der Waals surface area contributed by atoms with Gasteiger partial charge in [0.05, 0.1) is 5.69 Å². The van der Waals surface area contributed by atoms with E-state index in [0.29, 0.717) is 5.69 Å². The molecule has 0 saturated heterocycles. The summed E-state index contributed by atoms with van der Waals surface area (Å²) < 4.78 is 30.8. The Balaban J connectivity index is 2.52. The Morgan fingerprint density at radius 1 is 1.17 bits per heavy atom. The first kappa shape index (κ1) is 17.0. The fraction of sp³-hybridized carbons (Fsp3) is 0.462. The van der Waals surface area contributed by atoms with Crippen LogP contribution in [0.3, 0.4) is 0 Å². The van der Waals surface area contributed by atoms with Crippen molar-refractivity contribution in [3.8, 4) is 0 Å². The van der Waals surface area contributed by atoms with E-state index < -0.39 is 21.3 Å². The molecule has 0 aliphatic carbocycles. The molecule has 0 unspecified atom stereocenters. The molecule has 2 heterocycles. The Morgan fingerprint density at radius 2 is 1.78 bits per heavy atom. The first-order valence-corrected chi connectivity index (χ1v) is 8.38. The van der Waals surface area contributed by atoms with E-state index in [1.807, 2.05) is 13.8 Å². The second-order valence-electron chi connectivity index (χ2n) is 5.53. The highest BCUT2D eigenvalue weighted by molar-refractivity contribution is 7.92. The third-order valence-electron chi connectivity index (χ3n) is 3.46. The minimum absolute atomic E-state index is 0.000624. The van der Waals surface area contributed by atoms with E-state index >= 15 is 0 Å². The molecular weight excluding hydrogens is 322 g/mol. The zero-order chi connectivity index (χ0) is 17.5. The minimum Gasteiger partial charge on any atom is -0.282 e. The normalized spacial score (nSPS) is 11.9. The molecule has 0 aliphatic rings.